The Labute approximate surface area is 139 Å². The SMILES string of the molecule is CC(C)c1c(C(=O)O)c2ccc(O)cc2n1Cc1ccc(O)cc1. The Balaban J connectivity index is 2.27. The first kappa shape index (κ1) is 15.9. The normalized spacial score (nSPS) is 11.3. The Bertz CT molecular complexity index is 907. The van der Waals surface area contributed by atoms with Crippen molar-refractivity contribution in [2.24, 2.45) is 0 Å². The fourth-order valence-electron chi connectivity index (χ4n) is 3.14. The number of hydrogen-bond donors (Lipinski definition) is 3. The van der Waals surface area contributed by atoms with E-state index in [-0.39, 0.29) is 23.0 Å². The standard InChI is InChI=1S/C19H19NO4/c1-11(2)18-17(19(23)24)15-8-7-14(22)9-16(15)20(18)10-12-3-5-13(21)6-4-12/h3-9,11,21-22H,10H2,1-2H3,(H,23,24). The second-order valence-corrected chi connectivity index (χ2v) is 6.17. The summed E-state index contributed by atoms with van der Waals surface area (Å²) < 4.78 is 1.93. The van der Waals surface area contributed by atoms with Gasteiger partial charge in [-0.05, 0) is 35.7 Å². The van der Waals surface area contributed by atoms with Crippen LogP contribution in [0.4, 0.5) is 0 Å². The summed E-state index contributed by atoms with van der Waals surface area (Å²) in [7, 11) is 0. The molecule has 0 radical (unpaired) electrons. The van der Waals surface area contributed by atoms with Crippen LogP contribution in [0.2, 0.25) is 0 Å². The Morgan fingerprint density at radius 3 is 2.25 bits per heavy atom. The van der Waals surface area contributed by atoms with Crippen LogP contribution in [0.1, 0.15) is 41.4 Å². The molecule has 5 nitrogen and oxygen atoms in total. The van der Waals surface area contributed by atoms with Crippen LogP contribution < -0.4 is 0 Å². The number of aromatic hydroxyl groups is 2. The minimum absolute atomic E-state index is 0.00255. The Hall–Kier alpha value is -2.95. The molecule has 0 fully saturated rings. The molecular weight excluding hydrogens is 306 g/mol. The number of phenols is 2. The summed E-state index contributed by atoms with van der Waals surface area (Å²) in [6.07, 6.45) is 0. The lowest BCUT2D eigenvalue weighted by atomic mass is 10.0. The number of carboxylic acid groups (broad SMARTS) is 1. The van der Waals surface area contributed by atoms with Gasteiger partial charge in [0, 0.05) is 23.7 Å². The first-order chi connectivity index (χ1) is 11.4. The van der Waals surface area contributed by atoms with Crippen LogP contribution in [0, 0.1) is 0 Å². The molecule has 3 aromatic rings. The molecule has 0 amide bonds. The van der Waals surface area contributed by atoms with Gasteiger partial charge in [-0.1, -0.05) is 26.0 Å². The van der Waals surface area contributed by atoms with Crippen molar-refractivity contribution in [3.8, 4) is 11.5 Å². The van der Waals surface area contributed by atoms with Crippen molar-refractivity contribution < 1.29 is 20.1 Å². The zero-order valence-electron chi connectivity index (χ0n) is 13.5. The fourth-order valence-corrected chi connectivity index (χ4v) is 3.14. The minimum atomic E-state index is -0.973. The topological polar surface area (TPSA) is 82.7 Å². The van der Waals surface area contributed by atoms with Crippen LogP contribution in [0.25, 0.3) is 10.9 Å². The molecule has 0 unspecified atom stereocenters. The van der Waals surface area contributed by atoms with Crippen LogP contribution in [-0.2, 0) is 6.54 Å². The van der Waals surface area contributed by atoms with Crippen molar-refractivity contribution in [3.05, 3.63) is 59.3 Å². The molecule has 0 aliphatic heterocycles. The molecule has 1 heterocycles. The average molecular weight is 325 g/mol. The summed E-state index contributed by atoms with van der Waals surface area (Å²) in [6, 6.07) is 11.5. The van der Waals surface area contributed by atoms with Crippen molar-refractivity contribution in [3.63, 3.8) is 0 Å². The quantitative estimate of drug-likeness (QED) is 0.679. The van der Waals surface area contributed by atoms with Crippen molar-refractivity contribution in [2.45, 2.75) is 26.3 Å². The molecule has 124 valence electrons. The smallest absolute Gasteiger partial charge is 0.338 e. The molecule has 0 bridgehead atoms. The summed E-state index contributed by atoms with van der Waals surface area (Å²) in [4.78, 5) is 11.8. The number of fused-ring (bicyclic) bond motifs is 1. The summed E-state index contributed by atoms with van der Waals surface area (Å²) in [5.74, 6) is -0.690. The highest BCUT2D eigenvalue weighted by Gasteiger charge is 2.24. The summed E-state index contributed by atoms with van der Waals surface area (Å²) in [6.45, 7) is 4.36. The van der Waals surface area contributed by atoms with E-state index in [0.29, 0.717) is 17.4 Å². The van der Waals surface area contributed by atoms with Crippen molar-refractivity contribution in [1.29, 1.82) is 0 Å². The number of aromatic carboxylic acids is 1. The fraction of sp³-hybridized carbons (Fsp3) is 0.211. The maximum atomic E-state index is 11.8. The second kappa shape index (κ2) is 5.92. The zero-order valence-corrected chi connectivity index (χ0v) is 13.5. The maximum absolute atomic E-state index is 11.8. The van der Waals surface area contributed by atoms with Crippen LogP contribution in [0.15, 0.2) is 42.5 Å². The lowest BCUT2D eigenvalue weighted by Crippen LogP contribution is -2.09. The number of benzene rings is 2. The van der Waals surface area contributed by atoms with Crippen molar-refractivity contribution in [1.82, 2.24) is 4.57 Å². The van der Waals surface area contributed by atoms with E-state index in [2.05, 4.69) is 0 Å². The van der Waals surface area contributed by atoms with Gasteiger partial charge in [-0.2, -0.15) is 0 Å². The third-order valence-corrected chi connectivity index (χ3v) is 4.13. The van der Waals surface area contributed by atoms with Crippen LogP contribution in [0.5, 0.6) is 11.5 Å². The lowest BCUT2D eigenvalue weighted by molar-refractivity contribution is 0.0697. The maximum Gasteiger partial charge on any atom is 0.338 e. The van der Waals surface area contributed by atoms with Gasteiger partial charge in [0.1, 0.15) is 11.5 Å². The van der Waals surface area contributed by atoms with Gasteiger partial charge in [-0.25, -0.2) is 4.79 Å². The summed E-state index contributed by atoms with van der Waals surface area (Å²) >= 11 is 0. The molecule has 2 aromatic carbocycles. The number of rotatable bonds is 4. The third kappa shape index (κ3) is 2.69. The van der Waals surface area contributed by atoms with E-state index in [1.165, 1.54) is 6.07 Å². The number of hydrogen-bond acceptors (Lipinski definition) is 3. The Kier molecular flexibility index (Phi) is 3.93. The molecule has 0 atom stereocenters. The number of carboxylic acids is 1. The molecule has 24 heavy (non-hydrogen) atoms. The lowest BCUT2D eigenvalue weighted by Gasteiger charge is -2.14. The number of nitrogens with zero attached hydrogens (tertiary/aromatic N) is 1. The van der Waals surface area contributed by atoms with Gasteiger partial charge in [-0.15, -0.1) is 0 Å². The molecule has 0 spiro atoms. The molecule has 1 aromatic heterocycles. The zero-order chi connectivity index (χ0) is 17.4. The number of carbonyl (C=O) groups is 1. The first-order valence-electron chi connectivity index (χ1n) is 7.74. The molecule has 0 aliphatic rings. The van der Waals surface area contributed by atoms with Gasteiger partial charge in [0.15, 0.2) is 0 Å². The highest BCUT2D eigenvalue weighted by atomic mass is 16.4. The van der Waals surface area contributed by atoms with Crippen LogP contribution in [-0.4, -0.2) is 25.9 Å². The van der Waals surface area contributed by atoms with E-state index in [9.17, 15) is 20.1 Å². The van der Waals surface area contributed by atoms with Gasteiger partial charge in [0.25, 0.3) is 0 Å². The molecule has 5 heteroatoms. The predicted octanol–water partition coefficient (Wildman–Crippen LogP) is 3.92. The van der Waals surface area contributed by atoms with Gasteiger partial charge in [-0.3, -0.25) is 0 Å². The van der Waals surface area contributed by atoms with E-state index in [1.807, 2.05) is 18.4 Å². The molecule has 3 N–H and O–H groups in total. The highest BCUT2D eigenvalue weighted by molar-refractivity contribution is 6.05. The largest absolute Gasteiger partial charge is 0.508 e. The molecule has 0 saturated heterocycles. The van der Waals surface area contributed by atoms with Gasteiger partial charge in [0.05, 0.1) is 11.1 Å². The van der Waals surface area contributed by atoms with Crippen molar-refractivity contribution in [2.75, 3.05) is 0 Å². The molecule has 3 rings (SSSR count). The third-order valence-electron chi connectivity index (χ3n) is 4.13. The number of phenolic OH excluding ortho intramolecular Hbond substituents is 2. The highest BCUT2D eigenvalue weighted by Crippen LogP contribution is 2.34. The van der Waals surface area contributed by atoms with Crippen LogP contribution in [0.3, 0.4) is 0 Å². The predicted molar refractivity (Wildman–Crippen MR) is 91.9 cm³/mol. The van der Waals surface area contributed by atoms with E-state index >= 15 is 0 Å². The van der Waals surface area contributed by atoms with Gasteiger partial charge in [0.2, 0.25) is 0 Å². The molecular formula is C19H19NO4. The minimum Gasteiger partial charge on any atom is -0.508 e. The van der Waals surface area contributed by atoms with E-state index in [4.69, 9.17) is 0 Å². The van der Waals surface area contributed by atoms with Gasteiger partial charge >= 0.3 is 5.97 Å². The van der Waals surface area contributed by atoms with Gasteiger partial charge < -0.3 is 19.9 Å². The Morgan fingerprint density at radius 1 is 1.04 bits per heavy atom. The second-order valence-electron chi connectivity index (χ2n) is 6.17. The molecule has 0 saturated carbocycles. The van der Waals surface area contributed by atoms with Crippen LogP contribution >= 0.6 is 0 Å². The van der Waals surface area contributed by atoms with E-state index in [1.54, 1.807) is 36.4 Å². The molecule has 0 aliphatic carbocycles. The van der Waals surface area contributed by atoms with E-state index in [0.717, 1.165) is 11.3 Å². The summed E-state index contributed by atoms with van der Waals surface area (Å²) in [5, 5.41) is 29.6. The first-order valence-corrected chi connectivity index (χ1v) is 7.74. The summed E-state index contributed by atoms with van der Waals surface area (Å²) in [5.41, 5.74) is 2.62. The van der Waals surface area contributed by atoms with E-state index < -0.39 is 5.97 Å². The Morgan fingerprint density at radius 2 is 1.67 bits per heavy atom. The number of aromatic nitrogens is 1. The van der Waals surface area contributed by atoms with Crippen molar-refractivity contribution >= 4 is 16.9 Å². The average Bonchev–Trinajstić information content (AvgIpc) is 2.83. The monoisotopic (exact) mass is 325 g/mol.